The van der Waals surface area contributed by atoms with Gasteiger partial charge in [0.15, 0.2) is 0 Å². The molecule has 0 aliphatic carbocycles. The van der Waals surface area contributed by atoms with Gasteiger partial charge in [-0.15, -0.1) is 0 Å². The van der Waals surface area contributed by atoms with Gasteiger partial charge in [-0.25, -0.2) is 13.1 Å². The number of benzene rings is 2. The van der Waals surface area contributed by atoms with Crippen LogP contribution >= 0.6 is 0 Å². The second kappa shape index (κ2) is 9.19. The number of hydrogen-bond acceptors (Lipinski definition) is 4. The first-order valence-corrected chi connectivity index (χ1v) is 11.1. The zero-order chi connectivity index (χ0) is 20.9. The van der Waals surface area contributed by atoms with Gasteiger partial charge >= 0.3 is 0 Å². The molecule has 2 N–H and O–H groups in total. The van der Waals surface area contributed by atoms with E-state index in [-0.39, 0.29) is 22.8 Å². The SMILES string of the molecule is CCC(=O)Nc1ccc(S(=O)(=O)NC2CCCN(C(=O)c3ccccc3)C2)cc1. The third kappa shape index (κ3) is 5.42. The molecule has 2 aromatic rings. The minimum absolute atomic E-state index is 0.0921. The molecule has 0 aromatic heterocycles. The van der Waals surface area contributed by atoms with Gasteiger partial charge in [0.25, 0.3) is 5.91 Å². The van der Waals surface area contributed by atoms with Crippen LogP contribution < -0.4 is 10.0 Å². The number of hydrogen-bond donors (Lipinski definition) is 2. The molecule has 1 heterocycles. The van der Waals surface area contributed by atoms with Crippen molar-refractivity contribution in [3.05, 3.63) is 60.2 Å². The van der Waals surface area contributed by atoms with Crippen LogP contribution in [0.4, 0.5) is 5.69 Å². The van der Waals surface area contributed by atoms with Gasteiger partial charge in [-0.2, -0.15) is 0 Å². The maximum absolute atomic E-state index is 12.7. The van der Waals surface area contributed by atoms with E-state index in [0.717, 1.165) is 6.42 Å². The Hall–Kier alpha value is -2.71. The molecule has 0 spiro atoms. The Kier molecular flexibility index (Phi) is 6.66. The van der Waals surface area contributed by atoms with E-state index in [9.17, 15) is 18.0 Å². The lowest BCUT2D eigenvalue weighted by molar-refractivity contribution is -0.115. The Morgan fingerprint density at radius 2 is 1.76 bits per heavy atom. The molecule has 2 amide bonds. The van der Waals surface area contributed by atoms with Crippen molar-refractivity contribution in [2.45, 2.75) is 37.1 Å². The van der Waals surface area contributed by atoms with Crippen molar-refractivity contribution in [3.8, 4) is 0 Å². The number of anilines is 1. The molecule has 3 rings (SSSR count). The fraction of sp³-hybridized carbons (Fsp3) is 0.333. The van der Waals surface area contributed by atoms with E-state index in [1.807, 2.05) is 18.2 Å². The smallest absolute Gasteiger partial charge is 0.253 e. The van der Waals surface area contributed by atoms with Crippen molar-refractivity contribution in [2.75, 3.05) is 18.4 Å². The van der Waals surface area contributed by atoms with Crippen LogP contribution in [0.2, 0.25) is 0 Å². The van der Waals surface area contributed by atoms with Crippen LogP contribution in [0.3, 0.4) is 0 Å². The molecular formula is C21H25N3O4S. The number of piperidine rings is 1. The molecule has 1 fully saturated rings. The molecule has 7 nitrogen and oxygen atoms in total. The number of carbonyl (C=O) groups excluding carboxylic acids is 2. The van der Waals surface area contributed by atoms with Gasteiger partial charge in [0.05, 0.1) is 4.90 Å². The van der Waals surface area contributed by atoms with E-state index in [0.29, 0.717) is 37.2 Å². The van der Waals surface area contributed by atoms with Crippen LogP contribution in [0, 0.1) is 0 Å². The fourth-order valence-corrected chi connectivity index (χ4v) is 4.54. The lowest BCUT2D eigenvalue weighted by Gasteiger charge is -2.33. The van der Waals surface area contributed by atoms with E-state index in [1.165, 1.54) is 12.1 Å². The quantitative estimate of drug-likeness (QED) is 0.758. The molecule has 0 bridgehead atoms. The van der Waals surface area contributed by atoms with Crippen molar-refractivity contribution in [3.63, 3.8) is 0 Å². The number of likely N-dealkylation sites (tertiary alicyclic amines) is 1. The van der Waals surface area contributed by atoms with Crippen molar-refractivity contribution in [1.82, 2.24) is 9.62 Å². The first-order valence-electron chi connectivity index (χ1n) is 9.65. The minimum atomic E-state index is -3.73. The van der Waals surface area contributed by atoms with Gasteiger partial charge in [-0.3, -0.25) is 9.59 Å². The van der Waals surface area contributed by atoms with Gasteiger partial charge in [-0.05, 0) is 49.2 Å². The Balaban J connectivity index is 1.65. The van der Waals surface area contributed by atoms with Crippen LogP contribution in [-0.2, 0) is 14.8 Å². The van der Waals surface area contributed by atoms with E-state index in [4.69, 9.17) is 0 Å². The normalized spacial score (nSPS) is 17.0. The Morgan fingerprint density at radius 3 is 2.41 bits per heavy atom. The summed E-state index contributed by atoms with van der Waals surface area (Å²) in [7, 11) is -3.73. The molecule has 0 saturated carbocycles. The van der Waals surface area contributed by atoms with Gasteiger partial charge < -0.3 is 10.2 Å². The minimum Gasteiger partial charge on any atom is -0.337 e. The largest absolute Gasteiger partial charge is 0.337 e. The predicted molar refractivity (Wildman–Crippen MR) is 111 cm³/mol. The van der Waals surface area contributed by atoms with Crippen LogP contribution in [0.1, 0.15) is 36.5 Å². The average molecular weight is 416 g/mol. The Morgan fingerprint density at radius 1 is 1.07 bits per heavy atom. The zero-order valence-electron chi connectivity index (χ0n) is 16.3. The monoisotopic (exact) mass is 415 g/mol. The van der Waals surface area contributed by atoms with Gasteiger partial charge in [-0.1, -0.05) is 25.1 Å². The second-order valence-corrected chi connectivity index (χ2v) is 8.72. The average Bonchev–Trinajstić information content (AvgIpc) is 2.74. The molecule has 0 radical (unpaired) electrons. The zero-order valence-corrected chi connectivity index (χ0v) is 17.1. The van der Waals surface area contributed by atoms with Crippen molar-refractivity contribution in [2.24, 2.45) is 0 Å². The first-order chi connectivity index (χ1) is 13.9. The molecule has 1 saturated heterocycles. The van der Waals surface area contributed by atoms with Gasteiger partial charge in [0, 0.05) is 36.8 Å². The molecule has 154 valence electrons. The van der Waals surface area contributed by atoms with Gasteiger partial charge in [0.1, 0.15) is 0 Å². The molecule has 8 heteroatoms. The standard InChI is InChI=1S/C21H25N3O4S/c1-2-20(25)22-17-10-12-19(13-11-17)29(27,28)23-18-9-6-14-24(15-18)21(26)16-7-4-3-5-8-16/h3-5,7-8,10-13,18,23H,2,6,9,14-15H2,1H3,(H,22,25). The number of rotatable bonds is 6. The van der Waals surface area contributed by atoms with Crippen molar-refractivity contribution in [1.29, 1.82) is 0 Å². The highest BCUT2D eigenvalue weighted by molar-refractivity contribution is 7.89. The van der Waals surface area contributed by atoms with E-state index in [1.54, 1.807) is 36.1 Å². The van der Waals surface area contributed by atoms with Crippen LogP contribution in [0.25, 0.3) is 0 Å². The molecular weight excluding hydrogens is 390 g/mol. The molecule has 29 heavy (non-hydrogen) atoms. The molecule has 1 aliphatic heterocycles. The molecule has 2 aromatic carbocycles. The summed E-state index contributed by atoms with van der Waals surface area (Å²) in [5, 5.41) is 2.69. The van der Waals surface area contributed by atoms with Crippen molar-refractivity contribution < 1.29 is 18.0 Å². The van der Waals surface area contributed by atoms with Crippen LogP contribution in [-0.4, -0.2) is 44.3 Å². The predicted octanol–water partition coefficient (Wildman–Crippen LogP) is 2.62. The lowest BCUT2D eigenvalue weighted by Crippen LogP contribution is -2.49. The Labute approximate surface area is 171 Å². The van der Waals surface area contributed by atoms with E-state index >= 15 is 0 Å². The molecule has 1 unspecified atom stereocenters. The van der Waals surface area contributed by atoms with Crippen LogP contribution in [0.15, 0.2) is 59.5 Å². The summed E-state index contributed by atoms with van der Waals surface area (Å²) in [5.41, 5.74) is 1.15. The molecule has 1 atom stereocenters. The topological polar surface area (TPSA) is 95.6 Å². The Bertz CT molecular complexity index is 959. The summed E-state index contributed by atoms with van der Waals surface area (Å²) < 4.78 is 28.2. The van der Waals surface area contributed by atoms with E-state index < -0.39 is 10.0 Å². The number of amides is 2. The highest BCUT2D eigenvalue weighted by atomic mass is 32.2. The lowest BCUT2D eigenvalue weighted by atomic mass is 10.1. The highest BCUT2D eigenvalue weighted by Gasteiger charge is 2.28. The maximum Gasteiger partial charge on any atom is 0.253 e. The number of sulfonamides is 1. The first kappa shape index (κ1) is 21.0. The fourth-order valence-electron chi connectivity index (χ4n) is 3.28. The summed E-state index contributed by atoms with van der Waals surface area (Å²) in [6.45, 7) is 2.68. The number of nitrogens with one attached hydrogen (secondary N) is 2. The summed E-state index contributed by atoms with van der Waals surface area (Å²) in [6, 6.07) is 14.7. The van der Waals surface area contributed by atoms with E-state index in [2.05, 4.69) is 10.0 Å². The van der Waals surface area contributed by atoms with Crippen LogP contribution in [0.5, 0.6) is 0 Å². The highest BCUT2D eigenvalue weighted by Crippen LogP contribution is 2.18. The summed E-state index contributed by atoms with van der Waals surface area (Å²) in [5.74, 6) is -0.227. The summed E-state index contributed by atoms with van der Waals surface area (Å²) >= 11 is 0. The maximum atomic E-state index is 12.7. The number of carbonyl (C=O) groups is 2. The van der Waals surface area contributed by atoms with Crippen molar-refractivity contribution >= 4 is 27.5 Å². The summed E-state index contributed by atoms with van der Waals surface area (Å²) in [4.78, 5) is 25.9. The third-order valence-corrected chi connectivity index (χ3v) is 6.36. The van der Waals surface area contributed by atoms with Gasteiger partial charge in [0.2, 0.25) is 15.9 Å². The third-order valence-electron chi connectivity index (χ3n) is 4.82. The number of nitrogens with zero attached hydrogens (tertiary/aromatic N) is 1. The second-order valence-electron chi connectivity index (χ2n) is 7.00. The summed E-state index contributed by atoms with van der Waals surface area (Å²) in [6.07, 6.45) is 1.75. The molecule has 1 aliphatic rings.